The number of nitrogens with zero attached hydrogens (tertiary/aromatic N) is 3. The van der Waals surface area contributed by atoms with Gasteiger partial charge in [-0.3, -0.25) is 4.79 Å². The van der Waals surface area contributed by atoms with Crippen LogP contribution in [0.4, 0.5) is 11.6 Å². The molecule has 6 heteroatoms. The van der Waals surface area contributed by atoms with Crippen LogP contribution in [0, 0.1) is 6.92 Å². The lowest BCUT2D eigenvalue weighted by molar-refractivity contribution is -0.126. The number of nitrogen functional groups attached to an aromatic ring is 1. The minimum atomic E-state index is -0.191. The largest absolute Gasteiger partial charge is 0.383 e. The molecule has 0 fully saturated rings. The van der Waals surface area contributed by atoms with Gasteiger partial charge in [0.2, 0.25) is 5.91 Å². The molecule has 1 heterocycles. The lowest BCUT2D eigenvalue weighted by Crippen LogP contribution is -2.29. The highest BCUT2D eigenvalue weighted by molar-refractivity contribution is 5.80. The van der Waals surface area contributed by atoms with Crippen molar-refractivity contribution in [1.29, 1.82) is 0 Å². The quantitative estimate of drug-likeness (QED) is 0.857. The SMILES string of the molecule is Cc1c(N)nc(C(C)(C)C)nc1NCC(=O)N(C)C. The molecule has 0 aromatic carbocycles. The molecule has 0 saturated carbocycles. The fourth-order valence-corrected chi connectivity index (χ4v) is 1.36. The van der Waals surface area contributed by atoms with Gasteiger partial charge in [0.25, 0.3) is 0 Å². The fraction of sp³-hybridized carbons (Fsp3) is 0.615. The number of nitrogens with two attached hydrogens (primary N) is 1. The van der Waals surface area contributed by atoms with Gasteiger partial charge in [0.05, 0.1) is 6.54 Å². The van der Waals surface area contributed by atoms with E-state index < -0.39 is 0 Å². The van der Waals surface area contributed by atoms with Crippen LogP contribution in [0.15, 0.2) is 0 Å². The molecule has 3 N–H and O–H groups in total. The van der Waals surface area contributed by atoms with Gasteiger partial charge in [-0.05, 0) is 6.92 Å². The summed E-state index contributed by atoms with van der Waals surface area (Å²) in [5.41, 5.74) is 6.47. The molecule has 19 heavy (non-hydrogen) atoms. The van der Waals surface area contributed by atoms with E-state index in [9.17, 15) is 4.79 Å². The van der Waals surface area contributed by atoms with Crippen molar-refractivity contribution in [3.63, 3.8) is 0 Å². The van der Waals surface area contributed by atoms with Crippen LogP contribution >= 0.6 is 0 Å². The van der Waals surface area contributed by atoms with Gasteiger partial charge < -0.3 is 16.0 Å². The molecule has 1 amide bonds. The maximum atomic E-state index is 11.6. The third-order valence-corrected chi connectivity index (χ3v) is 2.76. The van der Waals surface area contributed by atoms with E-state index in [1.165, 1.54) is 4.90 Å². The van der Waals surface area contributed by atoms with E-state index in [1.807, 2.05) is 27.7 Å². The molecule has 0 aliphatic rings. The van der Waals surface area contributed by atoms with Crippen LogP contribution in [0.5, 0.6) is 0 Å². The first-order chi connectivity index (χ1) is 8.62. The number of likely N-dealkylation sites (N-methyl/N-ethyl adjacent to an activating group) is 1. The molecule has 6 nitrogen and oxygen atoms in total. The summed E-state index contributed by atoms with van der Waals surface area (Å²) in [6, 6.07) is 0. The van der Waals surface area contributed by atoms with Crippen molar-refractivity contribution < 1.29 is 4.79 Å². The monoisotopic (exact) mass is 265 g/mol. The lowest BCUT2D eigenvalue weighted by atomic mass is 9.95. The molecule has 1 aromatic heterocycles. The Balaban J connectivity index is 3.00. The number of carbonyl (C=O) groups excluding carboxylic acids is 1. The summed E-state index contributed by atoms with van der Waals surface area (Å²) < 4.78 is 0. The number of amides is 1. The van der Waals surface area contributed by atoms with Crippen LogP contribution in [-0.2, 0) is 10.2 Å². The van der Waals surface area contributed by atoms with E-state index in [-0.39, 0.29) is 17.9 Å². The summed E-state index contributed by atoms with van der Waals surface area (Å²) in [5.74, 6) is 1.71. The molecule has 0 bridgehead atoms. The van der Waals surface area contributed by atoms with Gasteiger partial charge in [-0.25, -0.2) is 9.97 Å². The summed E-state index contributed by atoms with van der Waals surface area (Å²) in [5, 5.41) is 3.03. The number of hydrogen-bond donors (Lipinski definition) is 2. The predicted octanol–water partition coefficient (Wildman–Crippen LogP) is 1.16. The van der Waals surface area contributed by atoms with Crippen LogP contribution in [-0.4, -0.2) is 41.4 Å². The van der Waals surface area contributed by atoms with Gasteiger partial charge in [0, 0.05) is 25.1 Å². The smallest absolute Gasteiger partial charge is 0.241 e. The first-order valence-corrected chi connectivity index (χ1v) is 6.21. The van der Waals surface area contributed by atoms with Crippen molar-refractivity contribution in [3.05, 3.63) is 11.4 Å². The molecule has 1 aromatic rings. The maximum Gasteiger partial charge on any atom is 0.241 e. The number of rotatable bonds is 3. The number of hydrogen-bond acceptors (Lipinski definition) is 5. The van der Waals surface area contributed by atoms with Crippen molar-refractivity contribution in [2.24, 2.45) is 0 Å². The van der Waals surface area contributed by atoms with E-state index in [2.05, 4.69) is 15.3 Å². The molecule has 0 unspecified atom stereocenters. The second kappa shape index (κ2) is 5.42. The average molecular weight is 265 g/mol. The molecule has 0 aliphatic carbocycles. The fourth-order valence-electron chi connectivity index (χ4n) is 1.36. The van der Waals surface area contributed by atoms with Crippen LogP contribution in [0.25, 0.3) is 0 Å². The van der Waals surface area contributed by atoms with E-state index in [0.29, 0.717) is 17.5 Å². The molecule has 0 radical (unpaired) electrons. The Hall–Kier alpha value is -1.85. The first kappa shape index (κ1) is 15.2. The topological polar surface area (TPSA) is 84.1 Å². The minimum absolute atomic E-state index is 0.0195. The molecule has 0 atom stereocenters. The average Bonchev–Trinajstić information content (AvgIpc) is 2.28. The number of nitrogens with one attached hydrogen (secondary N) is 1. The van der Waals surface area contributed by atoms with Gasteiger partial charge in [-0.15, -0.1) is 0 Å². The zero-order valence-corrected chi connectivity index (χ0v) is 12.5. The maximum absolute atomic E-state index is 11.6. The summed E-state index contributed by atoms with van der Waals surface area (Å²) in [4.78, 5) is 21.9. The van der Waals surface area contributed by atoms with E-state index in [1.54, 1.807) is 14.1 Å². The van der Waals surface area contributed by atoms with Crippen LogP contribution < -0.4 is 11.1 Å². The molecule has 0 saturated heterocycles. The first-order valence-electron chi connectivity index (χ1n) is 6.21. The Morgan fingerprint density at radius 1 is 1.32 bits per heavy atom. The Morgan fingerprint density at radius 3 is 2.37 bits per heavy atom. The third-order valence-electron chi connectivity index (χ3n) is 2.76. The van der Waals surface area contributed by atoms with Crippen molar-refractivity contribution in [1.82, 2.24) is 14.9 Å². The lowest BCUT2D eigenvalue weighted by Gasteiger charge is -2.20. The molecule has 0 aliphatic heterocycles. The second-order valence-electron chi connectivity index (χ2n) is 5.80. The summed E-state index contributed by atoms with van der Waals surface area (Å²) in [6.45, 7) is 8.09. The Morgan fingerprint density at radius 2 is 1.89 bits per heavy atom. The number of anilines is 2. The highest BCUT2D eigenvalue weighted by Crippen LogP contribution is 2.24. The van der Waals surface area contributed by atoms with Gasteiger partial charge in [0.15, 0.2) is 0 Å². The molecule has 0 spiro atoms. The minimum Gasteiger partial charge on any atom is -0.383 e. The van der Waals surface area contributed by atoms with Crippen LogP contribution in [0.3, 0.4) is 0 Å². The summed E-state index contributed by atoms with van der Waals surface area (Å²) in [7, 11) is 3.43. The van der Waals surface area contributed by atoms with Crippen molar-refractivity contribution in [2.45, 2.75) is 33.1 Å². The zero-order chi connectivity index (χ0) is 14.8. The highest BCUT2D eigenvalue weighted by Gasteiger charge is 2.20. The summed E-state index contributed by atoms with van der Waals surface area (Å²) >= 11 is 0. The van der Waals surface area contributed by atoms with Crippen molar-refractivity contribution >= 4 is 17.5 Å². The second-order valence-corrected chi connectivity index (χ2v) is 5.80. The Labute approximate surface area is 114 Å². The van der Waals surface area contributed by atoms with Crippen LogP contribution in [0.2, 0.25) is 0 Å². The van der Waals surface area contributed by atoms with Crippen LogP contribution in [0.1, 0.15) is 32.2 Å². The van der Waals surface area contributed by atoms with Crippen molar-refractivity contribution in [3.8, 4) is 0 Å². The Bertz CT molecular complexity index is 477. The van der Waals surface area contributed by atoms with E-state index in [0.717, 1.165) is 5.56 Å². The van der Waals surface area contributed by atoms with Gasteiger partial charge in [0.1, 0.15) is 17.5 Å². The number of aromatic nitrogens is 2. The number of carbonyl (C=O) groups is 1. The highest BCUT2D eigenvalue weighted by atomic mass is 16.2. The zero-order valence-electron chi connectivity index (χ0n) is 12.5. The van der Waals surface area contributed by atoms with E-state index in [4.69, 9.17) is 5.73 Å². The van der Waals surface area contributed by atoms with Gasteiger partial charge in [-0.2, -0.15) is 0 Å². The molecular weight excluding hydrogens is 242 g/mol. The normalized spacial score (nSPS) is 11.3. The predicted molar refractivity (Wildman–Crippen MR) is 77.1 cm³/mol. The molecule has 1 rings (SSSR count). The molecular formula is C13H23N5O. The third kappa shape index (κ3) is 3.81. The molecule has 106 valence electrons. The standard InChI is InChI=1S/C13H23N5O/c1-8-10(14)16-12(13(2,3)4)17-11(8)15-7-9(19)18(5)6/h7H2,1-6H3,(H3,14,15,16,17). The van der Waals surface area contributed by atoms with Gasteiger partial charge >= 0.3 is 0 Å². The Kier molecular flexibility index (Phi) is 4.34. The van der Waals surface area contributed by atoms with E-state index >= 15 is 0 Å². The van der Waals surface area contributed by atoms with Gasteiger partial charge in [-0.1, -0.05) is 20.8 Å². The van der Waals surface area contributed by atoms with Crippen molar-refractivity contribution in [2.75, 3.05) is 31.7 Å². The summed E-state index contributed by atoms with van der Waals surface area (Å²) in [6.07, 6.45) is 0.